The molecule has 1 aromatic heterocycles. The fourth-order valence-corrected chi connectivity index (χ4v) is 1.86. The van der Waals surface area contributed by atoms with Crippen molar-refractivity contribution in [2.24, 2.45) is 5.73 Å². The SMILES string of the molecule is NC(c1ccc(C(F)(F)F)cc1)c1ccc(Br)o1. The third kappa shape index (κ3) is 2.76. The molecule has 2 nitrogen and oxygen atoms in total. The van der Waals surface area contributed by atoms with Crippen LogP contribution in [0.5, 0.6) is 0 Å². The van der Waals surface area contributed by atoms with E-state index in [0.717, 1.165) is 12.1 Å². The Hall–Kier alpha value is -1.27. The summed E-state index contributed by atoms with van der Waals surface area (Å²) >= 11 is 3.14. The standard InChI is InChI=1S/C12H9BrF3NO/c13-10-6-5-9(18-10)11(17)7-1-3-8(4-2-7)12(14,15)16/h1-6,11H,17H2. The first-order chi connectivity index (χ1) is 8.38. The van der Waals surface area contributed by atoms with Crippen LogP contribution in [0, 0.1) is 0 Å². The van der Waals surface area contributed by atoms with Crippen LogP contribution in [0.25, 0.3) is 0 Å². The van der Waals surface area contributed by atoms with E-state index in [4.69, 9.17) is 10.2 Å². The van der Waals surface area contributed by atoms with Gasteiger partial charge in [0.25, 0.3) is 0 Å². The lowest BCUT2D eigenvalue weighted by molar-refractivity contribution is -0.137. The van der Waals surface area contributed by atoms with Crippen molar-refractivity contribution in [2.75, 3.05) is 0 Å². The number of halogens is 4. The van der Waals surface area contributed by atoms with Crippen molar-refractivity contribution >= 4 is 15.9 Å². The van der Waals surface area contributed by atoms with Crippen LogP contribution in [-0.2, 0) is 6.18 Å². The van der Waals surface area contributed by atoms with Gasteiger partial charge in [-0.25, -0.2) is 0 Å². The van der Waals surface area contributed by atoms with E-state index in [-0.39, 0.29) is 0 Å². The highest BCUT2D eigenvalue weighted by molar-refractivity contribution is 9.10. The van der Waals surface area contributed by atoms with Crippen molar-refractivity contribution in [2.45, 2.75) is 12.2 Å². The van der Waals surface area contributed by atoms with Crippen molar-refractivity contribution in [3.05, 3.63) is 58.0 Å². The van der Waals surface area contributed by atoms with E-state index in [0.29, 0.717) is 16.0 Å². The average molecular weight is 320 g/mol. The molecule has 6 heteroatoms. The number of nitrogens with two attached hydrogens (primary N) is 1. The Kier molecular flexibility index (Phi) is 3.49. The minimum Gasteiger partial charge on any atom is -0.452 e. The molecule has 1 unspecified atom stereocenters. The van der Waals surface area contributed by atoms with Gasteiger partial charge in [-0.2, -0.15) is 13.2 Å². The van der Waals surface area contributed by atoms with Crippen LogP contribution in [-0.4, -0.2) is 0 Å². The summed E-state index contributed by atoms with van der Waals surface area (Å²) in [6.45, 7) is 0. The first-order valence-electron chi connectivity index (χ1n) is 5.06. The molecule has 1 aromatic carbocycles. The van der Waals surface area contributed by atoms with Crippen molar-refractivity contribution < 1.29 is 17.6 Å². The zero-order chi connectivity index (χ0) is 13.3. The zero-order valence-electron chi connectivity index (χ0n) is 9.04. The molecule has 0 bridgehead atoms. The number of benzene rings is 1. The number of alkyl halides is 3. The van der Waals surface area contributed by atoms with Crippen molar-refractivity contribution in [1.82, 2.24) is 0 Å². The molecule has 18 heavy (non-hydrogen) atoms. The van der Waals surface area contributed by atoms with Crippen LogP contribution in [0.2, 0.25) is 0 Å². The zero-order valence-corrected chi connectivity index (χ0v) is 10.6. The maximum absolute atomic E-state index is 12.4. The highest BCUT2D eigenvalue weighted by atomic mass is 79.9. The Morgan fingerprint density at radius 3 is 2.11 bits per heavy atom. The largest absolute Gasteiger partial charge is 0.452 e. The minimum absolute atomic E-state index is 0.488. The molecule has 96 valence electrons. The molecule has 0 spiro atoms. The molecule has 0 radical (unpaired) electrons. The van der Waals surface area contributed by atoms with Gasteiger partial charge < -0.3 is 10.2 Å². The molecular weight excluding hydrogens is 311 g/mol. The predicted octanol–water partition coefficient (Wildman–Crippen LogP) is 4.11. The van der Waals surface area contributed by atoms with Gasteiger partial charge in [-0.05, 0) is 45.8 Å². The van der Waals surface area contributed by atoms with Crippen LogP contribution in [0.4, 0.5) is 13.2 Å². The smallest absolute Gasteiger partial charge is 0.416 e. The second kappa shape index (κ2) is 4.78. The second-order valence-corrected chi connectivity index (χ2v) is 4.52. The molecule has 0 aliphatic heterocycles. The van der Waals surface area contributed by atoms with Crippen molar-refractivity contribution in [3.8, 4) is 0 Å². The quantitative estimate of drug-likeness (QED) is 0.904. The van der Waals surface area contributed by atoms with Crippen LogP contribution in [0.1, 0.15) is 22.9 Å². The topological polar surface area (TPSA) is 39.2 Å². The van der Waals surface area contributed by atoms with E-state index in [1.807, 2.05) is 0 Å². The van der Waals surface area contributed by atoms with Gasteiger partial charge in [-0.15, -0.1) is 0 Å². The van der Waals surface area contributed by atoms with Crippen LogP contribution < -0.4 is 5.73 Å². The predicted molar refractivity (Wildman–Crippen MR) is 63.9 cm³/mol. The Labute approximate surface area is 110 Å². The molecule has 0 fully saturated rings. The Bertz CT molecular complexity index is 533. The number of rotatable bonds is 2. The lowest BCUT2D eigenvalue weighted by atomic mass is 10.0. The summed E-state index contributed by atoms with van der Waals surface area (Å²) in [7, 11) is 0. The molecule has 0 saturated carbocycles. The highest BCUT2D eigenvalue weighted by Crippen LogP contribution is 2.31. The lowest BCUT2D eigenvalue weighted by Gasteiger charge is -2.11. The van der Waals surface area contributed by atoms with E-state index in [1.54, 1.807) is 12.1 Å². The first-order valence-corrected chi connectivity index (χ1v) is 5.85. The van der Waals surface area contributed by atoms with Crippen LogP contribution in [0.15, 0.2) is 45.5 Å². The Balaban J connectivity index is 2.24. The Morgan fingerprint density at radius 2 is 1.67 bits per heavy atom. The molecule has 1 heterocycles. The van der Waals surface area contributed by atoms with E-state index >= 15 is 0 Å². The molecule has 0 aliphatic rings. The Morgan fingerprint density at radius 1 is 1.06 bits per heavy atom. The number of furan rings is 1. The molecule has 2 N–H and O–H groups in total. The maximum Gasteiger partial charge on any atom is 0.416 e. The van der Waals surface area contributed by atoms with E-state index < -0.39 is 17.8 Å². The maximum atomic E-state index is 12.4. The van der Waals surface area contributed by atoms with Crippen LogP contribution >= 0.6 is 15.9 Å². The summed E-state index contributed by atoms with van der Waals surface area (Å²) in [5.74, 6) is 0.488. The molecule has 2 aromatic rings. The molecule has 2 rings (SSSR count). The summed E-state index contributed by atoms with van der Waals surface area (Å²) < 4.78 is 43.0. The summed E-state index contributed by atoms with van der Waals surface area (Å²) in [5.41, 5.74) is 5.76. The van der Waals surface area contributed by atoms with E-state index in [9.17, 15) is 13.2 Å². The van der Waals surface area contributed by atoms with Gasteiger partial charge in [0.15, 0.2) is 4.67 Å². The summed E-state index contributed by atoms with van der Waals surface area (Å²) in [6, 6.07) is 7.48. The fourth-order valence-electron chi connectivity index (χ4n) is 1.54. The minimum atomic E-state index is -4.34. The normalized spacial score (nSPS) is 13.6. The van der Waals surface area contributed by atoms with Crippen molar-refractivity contribution in [1.29, 1.82) is 0 Å². The van der Waals surface area contributed by atoms with E-state index in [1.165, 1.54) is 12.1 Å². The average Bonchev–Trinajstić information content (AvgIpc) is 2.74. The number of hydrogen-bond donors (Lipinski definition) is 1. The van der Waals surface area contributed by atoms with Gasteiger partial charge in [0, 0.05) is 0 Å². The highest BCUT2D eigenvalue weighted by Gasteiger charge is 2.30. The van der Waals surface area contributed by atoms with E-state index in [2.05, 4.69) is 15.9 Å². The molecule has 1 atom stereocenters. The first kappa shape index (κ1) is 13.2. The van der Waals surface area contributed by atoms with Gasteiger partial charge in [-0.3, -0.25) is 0 Å². The third-order valence-electron chi connectivity index (χ3n) is 2.50. The molecule has 0 amide bonds. The fraction of sp³-hybridized carbons (Fsp3) is 0.167. The van der Waals surface area contributed by atoms with Gasteiger partial charge in [0.1, 0.15) is 5.76 Å². The molecular formula is C12H9BrF3NO. The van der Waals surface area contributed by atoms with Crippen LogP contribution in [0.3, 0.4) is 0 Å². The summed E-state index contributed by atoms with van der Waals surface area (Å²) in [6.07, 6.45) is -4.34. The van der Waals surface area contributed by atoms with Crippen molar-refractivity contribution in [3.63, 3.8) is 0 Å². The van der Waals surface area contributed by atoms with Gasteiger partial charge in [0.05, 0.1) is 11.6 Å². The molecule has 0 aliphatic carbocycles. The molecule has 0 saturated heterocycles. The number of hydrogen-bond acceptors (Lipinski definition) is 2. The van der Waals surface area contributed by atoms with Gasteiger partial charge >= 0.3 is 6.18 Å². The summed E-state index contributed by atoms with van der Waals surface area (Å²) in [5, 5.41) is 0. The lowest BCUT2D eigenvalue weighted by Crippen LogP contribution is -2.12. The van der Waals surface area contributed by atoms with Gasteiger partial charge in [0.2, 0.25) is 0 Å². The second-order valence-electron chi connectivity index (χ2n) is 3.74. The summed E-state index contributed by atoms with van der Waals surface area (Å²) in [4.78, 5) is 0. The third-order valence-corrected chi connectivity index (χ3v) is 2.92. The monoisotopic (exact) mass is 319 g/mol. The van der Waals surface area contributed by atoms with Gasteiger partial charge in [-0.1, -0.05) is 12.1 Å².